The van der Waals surface area contributed by atoms with Gasteiger partial charge in [0.25, 0.3) is 5.91 Å². The lowest BCUT2D eigenvalue weighted by molar-refractivity contribution is 0.0954. The molecule has 1 aromatic carbocycles. The molecule has 0 saturated carbocycles. The van der Waals surface area contributed by atoms with Gasteiger partial charge in [0.2, 0.25) is 0 Å². The largest absolute Gasteiger partial charge is 0.352 e. The Labute approximate surface area is 118 Å². The molecule has 1 amide bonds. The van der Waals surface area contributed by atoms with Crippen LogP contribution in [-0.4, -0.2) is 27.6 Å². The summed E-state index contributed by atoms with van der Waals surface area (Å²) in [4.78, 5) is 25.1. The zero-order valence-corrected chi connectivity index (χ0v) is 11.2. The quantitative estimate of drug-likeness (QED) is 0.796. The zero-order valence-electron chi connectivity index (χ0n) is 9.67. The van der Waals surface area contributed by atoms with Crippen LogP contribution in [0.2, 0.25) is 10.0 Å². The number of nitrogens with zero attached hydrogens (tertiary/aromatic N) is 1. The molecule has 0 unspecified atom stereocenters. The summed E-state index contributed by atoms with van der Waals surface area (Å²) in [5.74, 6) is 0.146. The number of amides is 1. The first-order chi connectivity index (χ1) is 9.06. The first-order valence-electron chi connectivity index (χ1n) is 5.43. The summed E-state index contributed by atoms with van der Waals surface area (Å²) in [7, 11) is 0. The molecule has 0 saturated heterocycles. The van der Waals surface area contributed by atoms with E-state index in [2.05, 4.69) is 20.5 Å². The number of hydrogen-bond donors (Lipinski definition) is 3. The van der Waals surface area contributed by atoms with Crippen LogP contribution in [0, 0.1) is 0 Å². The Kier molecular flexibility index (Phi) is 4.24. The SMILES string of the molecule is O=C(NCCc1n[nH]c(=O)[nH]1)c1cc(Cl)ccc1Cl. The van der Waals surface area contributed by atoms with E-state index in [0.29, 0.717) is 34.4 Å². The second-order valence-corrected chi connectivity index (χ2v) is 4.60. The number of aromatic nitrogens is 3. The van der Waals surface area contributed by atoms with Crippen molar-refractivity contribution in [3.05, 3.63) is 50.1 Å². The Morgan fingerprint density at radius 3 is 2.84 bits per heavy atom. The minimum Gasteiger partial charge on any atom is -0.352 e. The normalized spacial score (nSPS) is 10.4. The number of nitrogens with one attached hydrogen (secondary N) is 3. The van der Waals surface area contributed by atoms with E-state index in [1.807, 2.05) is 0 Å². The van der Waals surface area contributed by atoms with E-state index in [4.69, 9.17) is 23.2 Å². The van der Waals surface area contributed by atoms with Gasteiger partial charge >= 0.3 is 5.69 Å². The lowest BCUT2D eigenvalue weighted by Gasteiger charge is -2.06. The van der Waals surface area contributed by atoms with Crippen molar-refractivity contribution in [1.29, 1.82) is 0 Å². The van der Waals surface area contributed by atoms with Crippen LogP contribution in [0.25, 0.3) is 0 Å². The van der Waals surface area contributed by atoms with Gasteiger partial charge in [-0.2, -0.15) is 5.10 Å². The number of aromatic amines is 2. The smallest absolute Gasteiger partial charge is 0.340 e. The van der Waals surface area contributed by atoms with Crippen LogP contribution in [0.1, 0.15) is 16.2 Å². The van der Waals surface area contributed by atoms with Crippen molar-refractivity contribution in [2.24, 2.45) is 0 Å². The predicted octanol–water partition coefficient (Wildman–Crippen LogP) is 1.38. The Morgan fingerprint density at radius 2 is 2.16 bits per heavy atom. The molecule has 0 aliphatic rings. The number of benzene rings is 1. The fourth-order valence-corrected chi connectivity index (χ4v) is 1.86. The van der Waals surface area contributed by atoms with Crippen molar-refractivity contribution in [2.45, 2.75) is 6.42 Å². The maximum atomic E-state index is 11.9. The first kappa shape index (κ1) is 13.6. The summed E-state index contributed by atoms with van der Waals surface area (Å²) in [5.41, 5.74) is -0.0658. The molecule has 0 spiro atoms. The average molecular weight is 301 g/mol. The van der Waals surface area contributed by atoms with Crippen LogP contribution < -0.4 is 11.0 Å². The molecule has 100 valence electrons. The Hall–Kier alpha value is -1.79. The molecule has 0 radical (unpaired) electrons. The monoisotopic (exact) mass is 300 g/mol. The fraction of sp³-hybridized carbons (Fsp3) is 0.182. The van der Waals surface area contributed by atoms with Gasteiger partial charge in [0.1, 0.15) is 5.82 Å². The topological polar surface area (TPSA) is 90.6 Å². The van der Waals surface area contributed by atoms with E-state index in [1.165, 1.54) is 6.07 Å². The molecular formula is C11H10Cl2N4O2. The third-order valence-electron chi connectivity index (χ3n) is 2.37. The van der Waals surface area contributed by atoms with Crippen LogP contribution in [-0.2, 0) is 6.42 Å². The van der Waals surface area contributed by atoms with E-state index in [0.717, 1.165) is 0 Å². The highest BCUT2D eigenvalue weighted by Gasteiger charge is 2.10. The summed E-state index contributed by atoms with van der Waals surface area (Å²) in [6.07, 6.45) is 0.405. The van der Waals surface area contributed by atoms with Crippen molar-refractivity contribution < 1.29 is 4.79 Å². The molecule has 8 heteroatoms. The van der Waals surface area contributed by atoms with Gasteiger partial charge in [0.05, 0.1) is 10.6 Å². The van der Waals surface area contributed by atoms with Gasteiger partial charge in [-0.1, -0.05) is 23.2 Å². The number of carbonyl (C=O) groups excluding carboxylic acids is 1. The van der Waals surface area contributed by atoms with Crippen molar-refractivity contribution in [1.82, 2.24) is 20.5 Å². The predicted molar refractivity (Wildman–Crippen MR) is 71.7 cm³/mol. The number of H-pyrrole nitrogens is 2. The van der Waals surface area contributed by atoms with Gasteiger partial charge in [-0.05, 0) is 18.2 Å². The van der Waals surface area contributed by atoms with Gasteiger partial charge < -0.3 is 5.32 Å². The number of carbonyl (C=O) groups is 1. The molecule has 2 aromatic rings. The summed E-state index contributed by atoms with van der Waals surface area (Å²) in [6.45, 7) is 0.322. The van der Waals surface area contributed by atoms with Crippen molar-refractivity contribution in [3.8, 4) is 0 Å². The number of rotatable bonds is 4. The summed E-state index contributed by atoms with van der Waals surface area (Å²) in [6, 6.07) is 4.66. The van der Waals surface area contributed by atoms with Gasteiger partial charge in [-0.25, -0.2) is 9.89 Å². The molecular weight excluding hydrogens is 291 g/mol. The van der Waals surface area contributed by atoms with Gasteiger partial charge in [0, 0.05) is 18.0 Å². The van der Waals surface area contributed by atoms with Crippen LogP contribution in [0.5, 0.6) is 0 Å². The maximum Gasteiger partial charge on any atom is 0.340 e. The maximum absolute atomic E-state index is 11.9. The molecule has 0 aliphatic heterocycles. The van der Waals surface area contributed by atoms with Gasteiger partial charge in [0.15, 0.2) is 0 Å². The lowest BCUT2D eigenvalue weighted by Crippen LogP contribution is -2.26. The third-order valence-corrected chi connectivity index (χ3v) is 2.94. The van der Waals surface area contributed by atoms with E-state index < -0.39 is 0 Å². The number of halogens is 2. The fourth-order valence-electron chi connectivity index (χ4n) is 1.48. The summed E-state index contributed by atoms with van der Waals surface area (Å²) in [5, 5.41) is 9.40. The molecule has 0 atom stereocenters. The van der Waals surface area contributed by atoms with E-state index in [9.17, 15) is 9.59 Å². The molecule has 0 aliphatic carbocycles. The second-order valence-electron chi connectivity index (χ2n) is 3.75. The van der Waals surface area contributed by atoms with Crippen molar-refractivity contribution >= 4 is 29.1 Å². The van der Waals surface area contributed by atoms with E-state index in [-0.39, 0.29) is 11.6 Å². The highest BCUT2D eigenvalue weighted by Crippen LogP contribution is 2.20. The Bertz CT molecular complexity index is 650. The minimum atomic E-state index is -0.376. The molecule has 1 aromatic heterocycles. The van der Waals surface area contributed by atoms with Gasteiger partial charge in [-0.15, -0.1) is 0 Å². The lowest BCUT2D eigenvalue weighted by atomic mass is 10.2. The van der Waals surface area contributed by atoms with E-state index >= 15 is 0 Å². The molecule has 2 rings (SSSR count). The average Bonchev–Trinajstić information content (AvgIpc) is 2.78. The molecule has 3 N–H and O–H groups in total. The zero-order chi connectivity index (χ0) is 13.8. The molecule has 0 bridgehead atoms. The summed E-state index contributed by atoms with van der Waals surface area (Å²) < 4.78 is 0. The molecule has 19 heavy (non-hydrogen) atoms. The molecule has 1 heterocycles. The molecule has 0 fully saturated rings. The van der Waals surface area contributed by atoms with Crippen molar-refractivity contribution in [2.75, 3.05) is 6.54 Å². The van der Waals surface area contributed by atoms with Gasteiger partial charge in [-0.3, -0.25) is 9.78 Å². The van der Waals surface area contributed by atoms with Crippen LogP contribution in [0.15, 0.2) is 23.0 Å². The number of hydrogen-bond acceptors (Lipinski definition) is 3. The van der Waals surface area contributed by atoms with E-state index in [1.54, 1.807) is 12.1 Å². The van der Waals surface area contributed by atoms with Crippen LogP contribution in [0.3, 0.4) is 0 Å². The second kappa shape index (κ2) is 5.90. The third kappa shape index (κ3) is 3.59. The van der Waals surface area contributed by atoms with Crippen LogP contribution in [0.4, 0.5) is 0 Å². The Morgan fingerprint density at radius 1 is 1.37 bits per heavy atom. The Balaban J connectivity index is 1.94. The summed E-state index contributed by atoms with van der Waals surface area (Å²) >= 11 is 11.7. The van der Waals surface area contributed by atoms with Crippen molar-refractivity contribution in [3.63, 3.8) is 0 Å². The first-order valence-corrected chi connectivity index (χ1v) is 6.18. The highest BCUT2D eigenvalue weighted by atomic mass is 35.5. The highest BCUT2D eigenvalue weighted by molar-refractivity contribution is 6.35. The van der Waals surface area contributed by atoms with Crippen LogP contribution >= 0.6 is 23.2 Å². The molecule has 6 nitrogen and oxygen atoms in total. The minimum absolute atomic E-state index is 0.310. The standard InChI is InChI=1S/C11H10Cl2N4O2/c12-6-1-2-8(13)7(5-6)10(18)14-4-3-9-15-11(19)17-16-9/h1-2,5H,3-4H2,(H,14,18)(H2,15,16,17,19).